The first-order valence-electron chi connectivity index (χ1n) is 5.55. The molecule has 0 fully saturated rings. The molecule has 0 spiro atoms. The third kappa shape index (κ3) is 3.18. The zero-order valence-electron chi connectivity index (χ0n) is 9.99. The number of benzene rings is 1. The molecule has 0 aliphatic carbocycles. The van der Waals surface area contributed by atoms with Crippen LogP contribution in [0.5, 0.6) is 5.75 Å². The summed E-state index contributed by atoms with van der Waals surface area (Å²) in [4.78, 5) is 1.01. The highest BCUT2D eigenvalue weighted by molar-refractivity contribution is 7.99. The van der Waals surface area contributed by atoms with Crippen molar-refractivity contribution in [2.24, 2.45) is 0 Å². The summed E-state index contributed by atoms with van der Waals surface area (Å²) in [6.45, 7) is 6.16. The Morgan fingerprint density at radius 1 is 1.44 bits per heavy atom. The normalized spacial score (nSPS) is 11.9. The van der Waals surface area contributed by atoms with E-state index in [1.807, 2.05) is 25.1 Å². The van der Waals surface area contributed by atoms with Crippen LogP contribution < -0.4 is 4.74 Å². The van der Waals surface area contributed by atoms with Gasteiger partial charge in [0.2, 0.25) is 0 Å². The first-order valence-corrected chi connectivity index (χ1v) is 6.54. The van der Waals surface area contributed by atoms with E-state index >= 15 is 0 Å². The fourth-order valence-electron chi connectivity index (χ4n) is 1.30. The lowest BCUT2D eigenvalue weighted by molar-refractivity contribution is 0.216. The average molecular weight is 235 g/mol. The van der Waals surface area contributed by atoms with Crippen LogP contribution in [-0.4, -0.2) is 11.9 Å². The van der Waals surface area contributed by atoms with Crippen LogP contribution in [0.2, 0.25) is 0 Å². The molecule has 0 saturated carbocycles. The molecule has 86 valence electrons. The maximum Gasteiger partial charge on any atom is 0.138 e. The third-order valence-electron chi connectivity index (χ3n) is 2.30. The first kappa shape index (κ1) is 12.9. The summed E-state index contributed by atoms with van der Waals surface area (Å²) in [7, 11) is 0. The Labute approximate surface area is 102 Å². The Hall–Kier alpha value is -1.14. The summed E-state index contributed by atoms with van der Waals surface area (Å²) in [5.74, 6) is 1.66. The van der Waals surface area contributed by atoms with Crippen molar-refractivity contribution in [3.63, 3.8) is 0 Å². The molecule has 1 unspecified atom stereocenters. The summed E-state index contributed by atoms with van der Waals surface area (Å²) in [5.41, 5.74) is 0.662. The molecule has 0 aliphatic heterocycles. The quantitative estimate of drug-likeness (QED) is 0.727. The lowest BCUT2D eigenvalue weighted by Gasteiger charge is -2.15. The molecule has 1 aromatic carbocycles. The largest absolute Gasteiger partial charge is 0.489 e. The summed E-state index contributed by atoms with van der Waals surface area (Å²) in [6.07, 6.45) is 1.09. The Morgan fingerprint density at radius 3 is 2.75 bits per heavy atom. The molecule has 0 heterocycles. The van der Waals surface area contributed by atoms with E-state index < -0.39 is 0 Å². The Kier molecular flexibility index (Phi) is 5.21. The number of hydrogen-bond donors (Lipinski definition) is 0. The maximum absolute atomic E-state index is 9.17. The van der Waals surface area contributed by atoms with Gasteiger partial charge in [0.05, 0.1) is 6.10 Å². The van der Waals surface area contributed by atoms with Crippen molar-refractivity contribution in [1.29, 1.82) is 5.26 Å². The Balaban J connectivity index is 3.00. The van der Waals surface area contributed by atoms with Crippen LogP contribution in [0.3, 0.4) is 0 Å². The second kappa shape index (κ2) is 6.44. The molecule has 2 nitrogen and oxygen atoms in total. The highest BCUT2D eigenvalue weighted by atomic mass is 32.2. The van der Waals surface area contributed by atoms with Crippen LogP contribution in [0.4, 0.5) is 0 Å². The van der Waals surface area contributed by atoms with Crippen molar-refractivity contribution in [1.82, 2.24) is 0 Å². The lowest BCUT2D eigenvalue weighted by atomic mass is 10.2. The number of hydrogen-bond acceptors (Lipinski definition) is 3. The predicted octanol–water partition coefficient (Wildman–Crippen LogP) is 3.85. The Morgan fingerprint density at radius 2 is 2.19 bits per heavy atom. The molecule has 1 atom stereocenters. The molecule has 1 rings (SSSR count). The van der Waals surface area contributed by atoms with Crippen molar-refractivity contribution >= 4 is 11.8 Å². The topological polar surface area (TPSA) is 33.0 Å². The van der Waals surface area contributed by atoms with Crippen molar-refractivity contribution in [3.05, 3.63) is 23.8 Å². The standard InChI is InChI=1S/C13H17NOS/c1-4-10(3)15-12-7-6-8-13(16-5-2)11(12)9-14/h6-8,10H,4-5H2,1-3H3. The molecule has 0 radical (unpaired) electrons. The second-order valence-electron chi connectivity index (χ2n) is 3.51. The number of thioether (sulfide) groups is 1. The van der Waals surface area contributed by atoms with Gasteiger partial charge < -0.3 is 4.74 Å². The van der Waals surface area contributed by atoms with Crippen molar-refractivity contribution in [3.8, 4) is 11.8 Å². The monoisotopic (exact) mass is 235 g/mol. The van der Waals surface area contributed by atoms with E-state index in [9.17, 15) is 0 Å². The highest BCUT2D eigenvalue weighted by Crippen LogP contribution is 2.30. The van der Waals surface area contributed by atoms with E-state index in [4.69, 9.17) is 10.00 Å². The van der Waals surface area contributed by atoms with Gasteiger partial charge in [-0.1, -0.05) is 19.9 Å². The molecular formula is C13H17NOS. The molecule has 1 aromatic rings. The zero-order valence-corrected chi connectivity index (χ0v) is 10.8. The highest BCUT2D eigenvalue weighted by Gasteiger charge is 2.11. The van der Waals surface area contributed by atoms with E-state index in [-0.39, 0.29) is 6.10 Å². The van der Waals surface area contributed by atoms with Crippen LogP contribution in [0.15, 0.2) is 23.1 Å². The molecule has 0 saturated heterocycles. The van der Waals surface area contributed by atoms with Crippen molar-refractivity contribution in [2.75, 3.05) is 5.75 Å². The van der Waals surface area contributed by atoms with Crippen LogP contribution in [0, 0.1) is 11.3 Å². The van der Waals surface area contributed by atoms with Gasteiger partial charge in [0.1, 0.15) is 17.4 Å². The summed E-state index contributed by atoms with van der Waals surface area (Å²) in [5, 5.41) is 9.17. The van der Waals surface area contributed by atoms with Crippen LogP contribution >= 0.6 is 11.8 Å². The summed E-state index contributed by atoms with van der Waals surface area (Å²) < 4.78 is 5.74. The molecule has 3 heteroatoms. The molecule has 16 heavy (non-hydrogen) atoms. The van der Waals surface area contributed by atoms with Crippen LogP contribution in [-0.2, 0) is 0 Å². The average Bonchev–Trinajstić information content (AvgIpc) is 2.29. The van der Waals surface area contributed by atoms with Crippen LogP contribution in [0.25, 0.3) is 0 Å². The molecular weight excluding hydrogens is 218 g/mol. The summed E-state index contributed by atoms with van der Waals surface area (Å²) >= 11 is 1.67. The molecule has 0 amide bonds. The number of rotatable bonds is 5. The summed E-state index contributed by atoms with van der Waals surface area (Å²) in [6, 6.07) is 8.01. The van der Waals surface area contributed by atoms with Gasteiger partial charge in [-0.25, -0.2) is 0 Å². The zero-order chi connectivity index (χ0) is 12.0. The minimum Gasteiger partial charge on any atom is -0.489 e. The van der Waals surface area contributed by atoms with Gasteiger partial charge in [-0.2, -0.15) is 5.26 Å². The van der Waals surface area contributed by atoms with Crippen molar-refractivity contribution < 1.29 is 4.74 Å². The minimum absolute atomic E-state index is 0.147. The van der Waals surface area contributed by atoms with Crippen LogP contribution in [0.1, 0.15) is 32.8 Å². The molecule has 0 aliphatic rings. The smallest absolute Gasteiger partial charge is 0.138 e. The fraction of sp³-hybridized carbons (Fsp3) is 0.462. The SMILES string of the molecule is CCSc1cccc(OC(C)CC)c1C#N. The fourth-order valence-corrected chi connectivity index (χ4v) is 2.07. The van der Waals surface area contributed by atoms with E-state index in [0.717, 1.165) is 17.1 Å². The van der Waals surface area contributed by atoms with Gasteiger partial charge in [0, 0.05) is 4.90 Å². The van der Waals surface area contributed by atoms with E-state index in [2.05, 4.69) is 19.9 Å². The van der Waals surface area contributed by atoms with E-state index in [1.54, 1.807) is 11.8 Å². The van der Waals surface area contributed by atoms with E-state index in [0.29, 0.717) is 11.3 Å². The van der Waals surface area contributed by atoms with Crippen molar-refractivity contribution in [2.45, 2.75) is 38.2 Å². The molecule has 0 N–H and O–H groups in total. The Bertz CT molecular complexity index is 384. The minimum atomic E-state index is 0.147. The van der Waals surface area contributed by atoms with E-state index in [1.165, 1.54) is 0 Å². The molecule has 0 aromatic heterocycles. The number of ether oxygens (including phenoxy) is 1. The number of nitriles is 1. The number of nitrogens with zero attached hydrogens (tertiary/aromatic N) is 1. The maximum atomic E-state index is 9.17. The second-order valence-corrected chi connectivity index (χ2v) is 4.82. The lowest BCUT2D eigenvalue weighted by Crippen LogP contribution is -2.10. The van der Waals surface area contributed by atoms with Gasteiger partial charge in [0.25, 0.3) is 0 Å². The van der Waals surface area contributed by atoms with Gasteiger partial charge in [-0.05, 0) is 31.2 Å². The van der Waals surface area contributed by atoms with Gasteiger partial charge >= 0.3 is 0 Å². The molecule has 0 bridgehead atoms. The predicted molar refractivity (Wildman–Crippen MR) is 67.9 cm³/mol. The first-order chi connectivity index (χ1) is 7.72. The van der Waals surface area contributed by atoms with Gasteiger partial charge in [0.15, 0.2) is 0 Å². The third-order valence-corrected chi connectivity index (χ3v) is 3.24. The van der Waals surface area contributed by atoms with Gasteiger partial charge in [-0.15, -0.1) is 11.8 Å². The van der Waals surface area contributed by atoms with Gasteiger partial charge in [-0.3, -0.25) is 0 Å².